The molecular weight excluding hydrogens is 340 g/mol. The van der Waals surface area contributed by atoms with Crippen molar-refractivity contribution in [3.05, 3.63) is 71.6 Å². The number of carbonyl (C=O) groups excluding carboxylic acids is 1. The van der Waals surface area contributed by atoms with Crippen LogP contribution >= 0.6 is 0 Å². The molecule has 0 aliphatic heterocycles. The van der Waals surface area contributed by atoms with Gasteiger partial charge >= 0.3 is 6.03 Å². The number of benzene rings is 1. The van der Waals surface area contributed by atoms with Crippen LogP contribution in [0.1, 0.15) is 29.6 Å². The fourth-order valence-corrected chi connectivity index (χ4v) is 2.89. The number of anilines is 1. The summed E-state index contributed by atoms with van der Waals surface area (Å²) in [4.78, 5) is 20.4. The van der Waals surface area contributed by atoms with Crippen molar-refractivity contribution in [2.75, 3.05) is 5.32 Å². The van der Waals surface area contributed by atoms with Gasteiger partial charge in [0.2, 0.25) is 0 Å². The number of carbonyl (C=O) groups is 1. The zero-order valence-corrected chi connectivity index (χ0v) is 15.8. The first-order chi connectivity index (χ1) is 13.0. The molecule has 140 valence electrons. The van der Waals surface area contributed by atoms with Crippen LogP contribution in [0.15, 0.2) is 48.9 Å². The van der Waals surface area contributed by atoms with E-state index in [1.165, 1.54) is 0 Å². The van der Waals surface area contributed by atoms with Gasteiger partial charge in [-0.1, -0.05) is 12.1 Å². The number of hydrogen-bond donors (Lipinski definition) is 2. The average Bonchev–Trinajstić information content (AvgIpc) is 2.94. The highest BCUT2D eigenvalue weighted by atomic mass is 16.2. The maximum Gasteiger partial charge on any atom is 0.319 e. The molecule has 0 saturated carbocycles. The predicted molar refractivity (Wildman–Crippen MR) is 105 cm³/mol. The van der Waals surface area contributed by atoms with Crippen LogP contribution in [-0.2, 0) is 13.0 Å². The first-order valence-corrected chi connectivity index (χ1v) is 8.92. The summed E-state index contributed by atoms with van der Waals surface area (Å²) in [5, 5.41) is 10.2. The smallest absolute Gasteiger partial charge is 0.319 e. The van der Waals surface area contributed by atoms with Gasteiger partial charge in [0.25, 0.3) is 0 Å². The van der Waals surface area contributed by atoms with Gasteiger partial charge < -0.3 is 10.6 Å². The van der Waals surface area contributed by atoms with Crippen molar-refractivity contribution in [1.29, 1.82) is 0 Å². The van der Waals surface area contributed by atoms with Gasteiger partial charge in [0.1, 0.15) is 0 Å². The van der Waals surface area contributed by atoms with Gasteiger partial charge in [-0.3, -0.25) is 14.6 Å². The number of aromatic nitrogens is 4. The second-order valence-electron chi connectivity index (χ2n) is 6.68. The largest absolute Gasteiger partial charge is 0.335 e. The lowest BCUT2D eigenvalue weighted by Crippen LogP contribution is -2.37. The lowest BCUT2D eigenvalue weighted by Gasteiger charge is -2.14. The first-order valence-electron chi connectivity index (χ1n) is 8.92. The van der Waals surface area contributed by atoms with Crippen LogP contribution in [0.4, 0.5) is 10.5 Å². The molecule has 1 atom stereocenters. The van der Waals surface area contributed by atoms with Crippen molar-refractivity contribution in [2.45, 2.75) is 39.8 Å². The first kappa shape index (κ1) is 18.6. The summed E-state index contributed by atoms with van der Waals surface area (Å²) in [6, 6.07) is 9.55. The molecule has 0 aliphatic rings. The van der Waals surface area contributed by atoms with E-state index in [9.17, 15) is 4.79 Å². The summed E-state index contributed by atoms with van der Waals surface area (Å²) in [7, 11) is 0. The fourth-order valence-electron chi connectivity index (χ4n) is 2.89. The molecule has 2 aromatic heterocycles. The van der Waals surface area contributed by atoms with Crippen molar-refractivity contribution < 1.29 is 4.79 Å². The van der Waals surface area contributed by atoms with E-state index in [0.29, 0.717) is 13.0 Å². The quantitative estimate of drug-likeness (QED) is 0.704. The highest BCUT2D eigenvalue weighted by Gasteiger charge is 2.09. The van der Waals surface area contributed by atoms with Crippen LogP contribution in [-0.4, -0.2) is 31.8 Å². The van der Waals surface area contributed by atoms with Crippen LogP contribution in [0.25, 0.3) is 0 Å². The van der Waals surface area contributed by atoms with E-state index in [1.54, 1.807) is 18.6 Å². The maximum absolute atomic E-state index is 12.2. The minimum absolute atomic E-state index is 0.0491. The molecule has 0 saturated heterocycles. The van der Waals surface area contributed by atoms with E-state index in [0.717, 1.165) is 28.3 Å². The topological polar surface area (TPSA) is 84.7 Å². The van der Waals surface area contributed by atoms with Gasteiger partial charge in [-0.15, -0.1) is 0 Å². The molecule has 0 bridgehead atoms. The van der Waals surface area contributed by atoms with Gasteiger partial charge in [-0.25, -0.2) is 4.79 Å². The Kier molecular flexibility index (Phi) is 5.80. The van der Waals surface area contributed by atoms with E-state index in [2.05, 4.69) is 31.8 Å². The Balaban J connectivity index is 1.51. The lowest BCUT2D eigenvalue weighted by molar-refractivity contribution is 0.249. The van der Waals surface area contributed by atoms with Gasteiger partial charge in [-0.05, 0) is 44.5 Å². The molecule has 3 aromatic rings. The summed E-state index contributed by atoms with van der Waals surface area (Å²) in [6.07, 6.45) is 5.61. The zero-order chi connectivity index (χ0) is 19.2. The van der Waals surface area contributed by atoms with Crippen molar-refractivity contribution in [3.63, 3.8) is 0 Å². The Labute approximate surface area is 158 Å². The van der Waals surface area contributed by atoms with Crippen molar-refractivity contribution in [3.8, 4) is 0 Å². The second-order valence-corrected chi connectivity index (χ2v) is 6.68. The van der Waals surface area contributed by atoms with Gasteiger partial charge in [-0.2, -0.15) is 5.10 Å². The van der Waals surface area contributed by atoms with Crippen LogP contribution < -0.4 is 10.6 Å². The maximum atomic E-state index is 12.2. The molecule has 0 aliphatic carbocycles. The molecular formula is C20H24N6O. The number of hydrogen-bond acceptors (Lipinski definition) is 4. The standard InChI is InChI=1S/C20H24N6O/c1-14(11-19-12-21-8-9-22-19)23-20(27)24-18-6-4-17(5-7-18)13-26-16(3)10-15(2)25-26/h4-10,12,14H,11,13H2,1-3H3,(H2,23,24,27)/t14-/m1/s1. The summed E-state index contributed by atoms with van der Waals surface area (Å²) in [6.45, 7) is 6.68. The van der Waals surface area contributed by atoms with Crippen LogP contribution in [0, 0.1) is 13.8 Å². The Bertz CT molecular complexity index is 889. The monoisotopic (exact) mass is 364 g/mol. The number of nitrogens with one attached hydrogen (secondary N) is 2. The third-order valence-corrected chi connectivity index (χ3v) is 4.16. The van der Waals surface area contributed by atoms with Crippen molar-refractivity contribution >= 4 is 11.7 Å². The highest BCUT2D eigenvalue weighted by molar-refractivity contribution is 5.89. The van der Waals surface area contributed by atoms with Gasteiger partial charge in [0.05, 0.1) is 17.9 Å². The number of rotatable bonds is 6. The molecule has 2 heterocycles. The number of nitrogens with zero attached hydrogens (tertiary/aromatic N) is 4. The van der Waals surface area contributed by atoms with E-state index >= 15 is 0 Å². The second kappa shape index (κ2) is 8.44. The molecule has 7 nitrogen and oxygen atoms in total. The molecule has 27 heavy (non-hydrogen) atoms. The third-order valence-electron chi connectivity index (χ3n) is 4.16. The van der Waals surface area contributed by atoms with E-state index in [1.807, 2.05) is 49.7 Å². The average molecular weight is 364 g/mol. The van der Waals surface area contributed by atoms with Gasteiger partial charge in [0, 0.05) is 42.4 Å². The predicted octanol–water partition coefficient (Wildman–Crippen LogP) is 3.09. The fraction of sp³-hybridized carbons (Fsp3) is 0.300. The minimum atomic E-state index is -0.238. The SMILES string of the molecule is Cc1cc(C)n(Cc2ccc(NC(=O)N[C@H](C)Cc3cnccn3)cc2)n1. The molecule has 2 N–H and O–H groups in total. The summed E-state index contributed by atoms with van der Waals surface area (Å²) in [5.74, 6) is 0. The highest BCUT2D eigenvalue weighted by Crippen LogP contribution is 2.12. The Morgan fingerprint density at radius 1 is 1.19 bits per heavy atom. The minimum Gasteiger partial charge on any atom is -0.335 e. The number of aryl methyl sites for hydroxylation is 2. The van der Waals surface area contributed by atoms with Crippen LogP contribution in [0.2, 0.25) is 0 Å². The van der Waals surface area contributed by atoms with Gasteiger partial charge in [0.15, 0.2) is 0 Å². The molecule has 7 heteroatoms. The summed E-state index contributed by atoms with van der Waals surface area (Å²) < 4.78 is 1.97. The normalized spacial score (nSPS) is 11.8. The Hall–Kier alpha value is -3.22. The molecule has 2 amide bonds. The molecule has 0 fully saturated rings. The zero-order valence-electron chi connectivity index (χ0n) is 15.8. The molecule has 1 aromatic carbocycles. The molecule has 0 spiro atoms. The molecule has 0 radical (unpaired) electrons. The third kappa shape index (κ3) is 5.37. The molecule has 0 unspecified atom stereocenters. The Morgan fingerprint density at radius 3 is 2.59 bits per heavy atom. The summed E-state index contributed by atoms with van der Waals surface area (Å²) in [5.41, 5.74) is 4.86. The lowest BCUT2D eigenvalue weighted by atomic mass is 10.2. The van der Waals surface area contributed by atoms with Crippen molar-refractivity contribution in [1.82, 2.24) is 25.1 Å². The Morgan fingerprint density at radius 2 is 1.96 bits per heavy atom. The number of amides is 2. The summed E-state index contributed by atoms with van der Waals surface area (Å²) >= 11 is 0. The van der Waals surface area contributed by atoms with Crippen LogP contribution in [0.3, 0.4) is 0 Å². The molecule has 3 rings (SSSR count). The van der Waals surface area contributed by atoms with E-state index in [4.69, 9.17) is 0 Å². The van der Waals surface area contributed by atoms with Crippen LogP contribution in [0.5, 0.6) is 0 Å². The van der Waals surface area contributed by atoms with E-state index in [-0.39, 0.29) is 12.1 Å². The van der Waals surface area contributed by atoms with Crippen molar-refractivity contribution in [2.24, 2.45) is 0 Å². The number of urea groups is 1. The van der Waals surface area contributed by atoms with E-state index < -0.39 is 0 Å².